The van der Waals surface area contributed by atoms with Crippen LogP contribution < -0.4 is 0 Å². The zero-order chi connectivity index (χ0) is 12.6. The van der Waals surface area contributed by atoms with Crippen molar-refractivity contribution in [1.29, 1.82) is 0 Å². The third-order valence-corrected chi connectivity index (χ3v) is 2.18. The maximum Gasteiger partial charge on any atom is 0.397 e. The average molecular weight is 245 g/mol. The molecular formula is C10H15NO4S. The van der Waals surface area contributed by atoms with Crippen molar-refractivity contribution in [3.8, 4) is 0 Å². The van der Waals surface area contributed by atoms with Crippen molar-refractivity contribution in [3.63, 3.8) is 0 Å². The van der Waals surface area contributed by atoms with Crippen LogP contribution in [0.15, 0.2) is 30.6 Å². The lowest BCUT2D eigenvalue weighted by atomic mass is 10.1. The predicted octanol–water partition coefficient (Wildman–Crippen LogP) is 1.94. The van der Waals surface area contributed by atoms with Gasteiger partial charge in [-0.05, 0) is 31.1 Å². The van der Waals surface area contributed by atoms with Crippen molar-refractivity contribution in [1.82, 2.24) is 4.98 Å². The summed E-state index contributed by atoms with van der Waals surface area (Å²) in [5.41, 5.74) is 2.47. The first-order valence-corrected chi connectivity index (χ1v) is 5.83. The van der Waals surface area contributed by atoms with Crippen LogP contribution in [0.1, 0.15) is 19.4 Å². The summed E-state index contributed by atoms with van der Waals surface area (Å²) in [5, 5.41) is 0. The molecule has 0 aliphatic rings. The monoisotopic (exact) mass is 245 g/mol. The summed E-state index contributed by atoms with van der Waals surface area (Å²) in [6, 6.07) is 4.00. The molecule has 1 aromatic heterocycles. The van der Waals surface area contributed by atoms with Gasteiger partial charge in [0.2, 0.25) is 0 Å². The van der Waals surface area contributed by atoms with Crippen LogP contribution in [0.4, 0.5) is 0 Å². The summed E-state index contributed by atoms with van der Waals surface area (Å²) >= 11 is 0. The van der Waals surface area contributed by atoms with E-state index in [2.05, 4.69) is 28.2 Å². The fourth-order valence-electron chi connectivity index (χ4n) is 0.763. The van der Waals surface area contributed by atoms with Crippen molar-refractivity contribution >= 4 is 16.0 Å². The predicted molar refractivity (Wildman–Crippen MR) is 62.1 cm³/mol. The minimum Gasteiger partial charge on any atom is -0.264 e. The molecule has 1 aromatic rings. The van der Waals surface area contributed by atoms with Crippen LogP contribution >= 0.6 is 0 Å². The van der Waals surface area contributed by atoms with Crippen molar-refractivity contribution in [2.24, 2.45) is 0 Å². The second-order valence-corrected chi connectivity index (χ2v) is 4.00. The van der Waals surface area contributed by atoms with Crippen molar-refractivity contribution in [2.75, 3.05) is 7.11 Å². The highest BCUT2D eigenvalue weighted by Gasteiger charge is 1.94. The van der Waals surface area contributed by atoms with Crippen LogP contribution in [0.25, 0.3) is 5.57 Å². The third kappa shape index (κ3) is 7.10. The smallest absolute Gasteiger partial charge is 0.264 e. The van der Waals surface area contributed by atoms with E-state index >= 15 is 0 Å². The summed E-state index contributed by atoms with van der Waals surface area (Å²) in [7, 11) is -3.29. The molecule has 0 unspecified atom stereocenters. The lowest BCUT2D eigenvalue weighted by Gasteiger charge is -1.96. The standard InChI is InChI=1S/C9H11N.CH4O4S/c1-3-8(2)9-5-4-6-10-7-9;1-5-6(2,3)4/h3-7H,1-2H3;1H3,(H,2,3,4). The molecular weight excluding hydrogens is 230 g/mol. The first kappa shape index (κ1) is 14.8. The zero-order valence-corrected chi connectivity index (χ0v) is 10.2. The molecule has 1 rings (SSSR count). The Morgan fingerprint density at radius 1 is 1.56 bits per heavy atom. The minimum absolute atomic E-state index is 0.870. The molecule has 16 heavy (non-hydrogen) atoms. The zero-order valence-electron chi connectivity index (χ0n) is 9.41. The second kappa shape index (κ2) is 7.10. The number of aromatic nitrogens is 1. The van der Waals surface area contributed by atoms with Gasteiger partial charge in [-0.2, -0.15) is 8.42 Å². The molecule has 5 nitrogen and oxygen atoms in total. The number of nitrogens with zero attached hydrogens (tertiary/aromatic N) is 1. The highest BCUT2D eigenvalue weighted by molar-refractivity contribution is 7.80. The van der Waals surface area contributed by atoms with Gasteiger partial charge in [0.15, 0.2) is 0 Å². The Balaban J connectivity index is 0.000000325. The number of allylic oxidation sites excluding steroid dienone is 2. The molecule has 0 bridgehead atoms. The molecule has 0 spiro atoms. The Bertz CT molecular complexity index is 425. The van der Waals surface area contributed by atoms with Gasteiger partial charge in [-0.1, -0.05) is 12.1 Å². The van der Waals surface area contributed by atoms with Gasteiger partial charge in [-0.25, -0.2) is 0 Å². The van der Waals surface area contributed by atoms with Crippen molar-refractivity contribution < 1.29 is 17.2 Å². The lowest BCUT2D eigenvalue weighted by molar-refractivity contribution is 0.324. The molecule has 0 aromatic carbocycles. The molecule has 1 heterocycles. The number of rotatable bonds is 2. The van der Waals surface area contributed by atoms with Crippen LogP contribution in [0.5, 0.6) is 0 Å². The fourth-order valence-corrected chi connectivity index (χ4v) is 0.763. The molecule has 0 saturated heterocycles. The Labute approximate surface area is 95.7 Å². The first-order chi connectivity index (χ1) is 7.40. The van der Waals surface area contributed by atoms with Gasteiger partial charge in [0.25, 0.3) is 0 Å². The van der Waals surface area contributed by atoms with Crippen LogP contribution in [-0.2, 0) is 14.6 Å². The Morgan fingerprint density at radius 3 is 2.44 bits per heavy atom. The Kier molecular flexibility index (Phi) is 6.55. The van der Waals surface area contributed by atoms with Gasteiger partial charge in [0.1, 0.15) is 0 Å². The van der Waals surface area contributed by atoms with E-state index in [0.29, 0.717) is 0 Å². The van der Waals surface area contributed by atoms with Gasteiger partial charge in [-0.15, -0.1) is 0 Å². The van der Waals surface area contributed by atoms with E-state index in [0.717, 1.165) is 7.11 Å². The quantitative estimate of drug-likeness (QED) is 0.806. The molecule has 0 fully saturated rings. The van der Waals surface area contributed by atoms with Crippen molar-refractivity contribution in [2.45, 2.75) is 13.8 Å². The van der Waals surface area contributed by atoms with Crippen LogP contribution in [-0.4, -0.2) is 25.1 Å². The van der Waals surface area contributed by atoms with Crippen LogP contribution in [0.3, 0.4) is 0 Å². The van der Waals surface area contributed by atoms with E-state index in [1.807, 2.05) is 19.2 Å². The van der Waals surface area contributed by atoms with Gasteiger partial charge >= 0.3 is 10.4 Å². The number of hydrogen-bond donors (Lipinski definition) is 1. The fraction of sp³-hybridized carbons (Fsp3) is 0.300. The van der Waals surface area contributed by atoms with E-state index in [-0.39, 0.29) is 0 Å². The molecule has 0 amide bonds. The van der Waals surface area contributed by atoms with Gasteiger partial charge in [-0.3, -0.25) is 13.7 Å². The topological polar surface area (TPSA) is 76.5 Å². The highest BCUT2D eigenvalue weighted by atomic mass is 32.3. The number of pyridine rings is 1. The summed E-state index contributed by atoms with van der Waals surface area (Å²) in [4.78, 5) is 4.01. The average Bonchev–Trinajstić information content (AvgIpc) is 2.29. The Morgan fingerprint density at radius 2 is 2.12 bits per heavy atom. The molecule has 0 radical (unpaired) electrons. The maximum atomic E-state index is 9.33. The molecule has 1 N–H and O–H groups in total. The number of hydrogen-bond acceptors (Lipinski definition) is 4. The Hall–Kier alpha value is -1.24. The normalized spacial score (nSPS) is 11.6. The molecule has 0 saturated carbocycles. The van der Waals surface area contributed by atoms with E-state index in [4.69, 9.17) is 4.55 Å². The van der Waals surface area contributed by atoms with Crippen LogP contribution in [0, 0.1) is 0 Å². The first-order valence-electron chi connectivity index (χ1n) is 4.47. The summed E-state index contributed by atoms with van der Waals surface area (Å²) in [6.45, 7) is 4.11. The van der Waals surface area contributed by atoms with E-state index in [9.17, 15) is 8.42 Å². The molecule has 0 aliphatic heterocycles. The molecule has 90 valence electrons. The minimum atomic E-state index is -4.16. The second-order valence-electron chi connectivity index (χ2n) is 2.81. The van der Waals surface area contributed by atoms with E-state index in [1.54, 1.807) is 6.20 Å². The SMILES string of the molecule is CC=C(C)c1cccnc1.COS(=O)(=O)O. The van der Waals surface area contributed by atoms with Gasteiger partial charge in [0.05, 0.1) is 7.11 Å². The van der Waals surface area contributed by atoms with Crippen LogP contribution in [0.2, 0.25) is 0 Å². The maximum absolute atomic E-state index is 9.33. The largest absolute Gasteiger partial charge is 0.397 e. The van der Waals surface area contributed by atoms with Gasteiger partial charge in [0, 0.05) is 12.4 Å². The molecule has 0 aliphatic carbocycles. The summed E-state index contributed by atoms with van der Waals surface area (Å²) < 4.78 is 29.7. The van der Waals surface area contributed by atoms with E-state index in [1.165, 1.54) is 11.1 Å². The summed E-state index contributed by atoms with van der Waals surface area (Å²) in [5.74, 6) is 0. The molecule has 6 heteroatoms. The highest BCUT2D eigenvalue weighted by Crippen LogP contribution is 2.09. The van der Waals surface area contributed by atoms with E-state index < -0.39 is 10.4 Å². The van der Waals surface area contributed by atoms with Crippen molar-refractivity contribution in [3.05, 3.63) is 36.2 Å². The lowest BCUT2D eigenvalue weighted by Crippen LogP contribution is -1.96. The molecule has 0 atom stereocenters. The van der Waals surface area contributed by atoms with Gasteiger partial charge < -0.3 is 0 Å². The summed E-state index contributed by atoms with van der Waals surface area (Å²) in [6.07, 6.45) is 5.73. The third-order valence-electron chi connectivity index (χ3n) is 1.76.